The molecule has 0 aliphatic rings. The number of carbonyl (C=O) groups is 1. The van der Waals surface area contributed by atoms with Gasteiger partial charge < -0.3 is 9.84 Å². The number of hydrogen-bond acceptors (Lipinski definition) is 5. The van der Waals surface area contributed by atoms with E-state index in [1.165, 1.54) is 6.33 Å². The van der Waals surface area contributed by atoms with Gasteiger partial charge in [0, 0.05) is 11.1 Å². The number of fused-ring (bicyclic) bond motifs is 1. The molecule has 0 radical (unpaired) electrons. The fourth-order valence-electron chi connectivity index (χ4n) is 2.46. The van der Waals surface area contributed by atoms with Crippen LogP contribution >= 0.6 is 0 Å². The molecular weight excluding hydrogens is 306 g/mol. The predicted molar refractivity (Wildman–Crippen MR) is 87.7 cm³/mol. The molecule has 0 bridgehead atoms. The van der Waals surface area contributed by atoms with Crippen molar-refractivity contribution in [1.82, 2.24) is 19.9 Å². The quantitative estimate of drug-likeness (QED) is 0.625. The average molecular weight is 319 g/mol. The molecule has 0 aliphatic carbocycles. The molecule has 0 spiro atoms. The molecule has 0 unspecified atom stereocenters. The number of carbonyl (C=O) groups excluding carboxylic acids is 1. The summed E-state index contributed by atoms with van der Waals surface area (Å²) in [6, 6.07) is 14.8. The van der Waals surface area contributed by atoms with Crippen LogP contribution < -0.4 is 5.32 Å². The maximum Gasteiger partial charge on any atom is 0.230 e. The summed E-state index contributed by atoms with van der Waals surface area (Å²) < 4.78 is 6.86. The summed E-state index contributed by atoms with van der Waals surface area (Å²) in [5.41, 5.74) is 2.88. The zero-order valence-corrected chi connectivity index (χ0v) is 12.6. The van der Waals surface area contributed by atoms with E-state index in [9.17, 15) is 4.79 Å². The third-order valence-electron chi connectivity index (χ3n) is 3.61. The van der Waals surface area contributed by atoms with Crippen molar-refractivity contribution in [2.24, 2.45) is 0 Å². The van der Waals surface area contributed by atoms with Gasteiger partial charge in [-0.3, -0.25) is 4.79 Å². The van der Waals surface area contributed by atoms with Crippen molar-refractivity contribution in [3.8, 4) is 5.69 Å². The maximum absolute atomic E-state index is 12.2. The van der Waals surface area contributed by atoms with E-state index in [-0.39, 0.29) is 12.3 Å². The Balaban J connectivity index is 1.46. The van der Waals surface area contributed by atoms with Gasteiger partial charge in [0.25, 0.3) is 0 Å². The SMILES string of the molecule is O=C(Cc1noc2ccccc12)Nc1ccc(-n2cncn2)cc1. The molecule has 0 saturated heterocycles. The van der Waals surface area contributed by atoms with Gasteiger partial charge in [-0.15, -0.1) is 0 Å². The standard InChI is InChI=1S/C17H13N5O2/c23-17(9-15-14-3-1-2-4-16(14)24-21-15)20-12-5-7-13(8-6-12)22-11-18-10-19-22/h1-8,10-11H,9H2,(H,20,23). The molecular formula is C17H13N5O2. The Morgan fingerprint density at radius 2 is 1.96 bits per heavy atom. The van der Waals surface area contributed by atoms with Crippen LogP contribution in [0.1, 0.15) is 5.69 Å². The van der Waals surface area contributed by atoms with E-state index in [0.29, 0.717) is 17.0 Å². The fraction of sp³-hybridized carbons (Fsp3) is 0.0588. The van der Waals surface area contributed by atoms with Crippen molar-refractivity contribution in [2.75, 3.05) is 5.32 Å². The molecule has 4 aromatic rings. The second kappa shape index (κ2) is 5.96. The second-order valence-electron chi connectivity index (χ2n) is 5.24. The zero-order valence-electron chi connectivity index (χ0n) is 12.6. The first kappa shape index (κ1) is 14.1. The van der Waals surface area contributed by atoms with Crippen LogP contribution in [0.4, 0.5) is 5.69 Å². The molecule has 118 valence electrons. The average Bonchev–Trinajstić information content (AvgIpc) is 3.26. The van der Waals surface area contributed by atoms with Gasteiger partial charge in [-0.05, 0) is 36.4 Å². The van der Waals surface area contributed by atoms with E-state index in [1.54, 1.807) is 11.0 Å². The number of rotatable bonds is 4. The summed E-state index contributed by atoms with van der Waals surface area (Å²) in [6.45, 7) is 0. The van der Waals surface area contributed by atoms with E-state index in [1.807, 2.05) is 48.5 Å². The molecule has 2 aromatic heterocycles. The van der Waals surface area contributed by atoms with Gasteiger partial charge >= 0.3 is 0 Å². The highest BCUT2D eigenvalue weighted by Gasteiger charge is 2.12. The molecule has 24 heavy (non-hydrogen) atoms. The van der Waals surface area contributed by atoms with Gasteiger partial charge in [0.15, 0.2) is 5.58 Å². The largest absolute Gasteiger partial charge is 0.356 e. The van der Waals surface area contributed by atoms with Crippen LogP contribution in [0.15, 0.2) is 65.7 Å². The van der Waals surface area contributed by atoms with Crippen LogP contribution in [0.25, 0.3) is 16.7 Å². The summed E-state index contributed by atoms with van der Waals surface area (Å²) in [5, 5.41) is 11.7. The van der Waals surface area contributed by atoms with Crippen molar-refractivity contribution in [3.63, 3.8) is 0 Å². The smallest absolute Gasteiger partial charge is 0.230 e. The highest BCUT2D eigenvalue weighted by atomic mass is 16.5. The molecule has 2 aromatic carbocycles. The second-order valence-corrected chi connectivity index (χ2v) is 5.24. The minimum atomic E-state index is -0.150. The number of aromatic nitrogens is 4. The lowest BCUT2D eigenvalue weighted by molar-refractivity contribution is -0.115. The molecule has 0 fully saturated rings. The van der Waals surface area contributed by atoms with E-state index < -0.39 is 0 Å². The Morgan fingerprint density at radius 3 is 2.75 bits per heavy atom. The Morgan fingerprint density at radius 1 is 1.12 bits per heavy atom. The number of nitrogens with one attached hydrogen (secondary N) is 1. The fourth-order valence-corrected chi connectivity index (χ4v) is 2.46. The monoisotopic (exact) mass is 319 g/mol. The minimum Gasteiger partial charge on any atom is -0.356 e. The van der Waals surface area contributed by atoms with E-state index >= 15 is 0 Å². The molecule has 0 saturated carbocycles. The summed E-state index contributed by atoms with van der Waals surface area (Å²) in [6.07, 6.45) is 3.24. The van der Waals surface area contributed by atoms with Crippen molar-refractivity contribution >= 4 is 22.6 Å². The Labute approximate surface area is 136 Å². The summed E-state index contributed by atoms with van der Waals surface area (Å²) in [4.78, 5) is 16.1. The van der Waals surface area contributed by atoms with Gasteiger partial charge in [0.1, 0.15) is 18.3 Å². The lowest BCUT2D eigenvalue weighted by Crippen LogP contribution is -2.14. The number of amides is 1. The highest BCUT2D eigenvalue weighted by Crippen LogP contribution is 2.19. The van der Waals surface area contributed by atoms with Crippen molar-refractivity contribution in [2.45, 2.75) is 6.42 Å². The number of nitrogens with zero attached hydrogens (tertiary/aromatic N) is 4. The first-order valence-corrected chi connectivity index (χ1v) is 7.38. The Hall–Kier alpha value is -3.48. The van der Waals surface area contributed by atoms with Crippen molar-refractivity contribution in [1.29, 1.82) is 0 Å². The van der Waals surface area contributed by atoms with E-state index in [0.717, 1.165) is 11.1 Å². The summed E-state index contributed by atoms with van der Waals surface area (Å²) in [7, 11) is 0. The molecule has 1 amide bonds. The topological polar surface area (TPSA) is 85.8 Å². The maximum atomic E-state index is 12.2. The normalized spacial score (nSPS) is 10.8. The van der Waals surface area contributed by atoms with E-state index in [2.05, 4.69) is 20.6 Å². The molecule has 7 heteroatoms. The zero-order chi connectivity index (χ0) is 16.4. The lowest BCUT2D eigenvalue weighted by Gasteiger charge is -2.05. The Bertz CT molecular complexity index is 974. The lowest BCUT2D eigenvalue weighted by atomic mass is 10.1. The van der Waals surface area contributed by atoms with Crippen molar-refractivity contribution < 1.29 is 9.32 Å². The van der Waals surface area contributed by atoms with Gasteiger partial charge in [-0.25, -0.2) is 9.67 Å². The van der Waals surface area contributed by atoms with Crippen LogP contribution in [0.3, 0.4) is 0 Å². The summed E-state index contributed by atoms with van der Waals surface area (Å²) in [5.74, 6) is -0.150. The van der Waals surface area contributed by atoms with Crippen LogP contribution in [0.2, 0.25) is 0 Å². The van der Waals surface area contributed by atoms with E-state index in [4.69, 9.17) is 4.52 Å². The third-order valence-corrected chi connectivity index (χ3v) is 3.61. The number of para-hydroxylation sites is 1. The molecule has 2 heterocycles. The predicted octanol–water partition coefficient (Wildman–Crippen LogP) is 2.59. The molecule has 1 N–H and O–H groups in total. The van der Waals surface area contributed by atoms with Crippen LogP contribution in [0, 0.1) is 0 Å². The van der Waals surface area contributed by atoms with Crippen LogP contribution in [-0.4, -0.2) is 25.8 Å². The minimum absolute atomic E-state index is 0.150. The molecule has 7 nitrogen and oxygen atoms in total. The van der Waals surface area contributed by atoms with Crippen LogP contribution in [0.5, 0.6) is 0 Å². The van der Waals surface area contributed by atoms with Gasteiger partial charge in [-0.2, -0.15) is 5.10 Å². The molecule has 0 atom stereocenters. The first-order chi connectivity index (χ1) is 11.8. The van der Waals surface area contributed by atoms with Gasteiger partial charge in [-0.1, -0.05) is 17.3 Å². The number of anilines is 1. The van der Waals surface area contributed by atoms with Gasteiger partial charge in [0.05, 0.1) is 12.1 Å². The van der Waals surface area contributed by atoms with Crippen molar-refractivity contribution in [3.05, 3.63) is 66.9 Å². The molecule has 0 aliphatic heterocycles. The number of benzene rings is 2. The summed E-state index contributed by atoms with van der Waals surface area (Å²) >= 11 is 0. The highest BCUT2D eigenvalue weighted by molar-refractivity contribution is 5.94. The Kier molecular flexibility index (Phi) is 3.51. The third kappa shape index (κ3) is 2.74. The first-order valence-electron chi connectivity index (χ1n) is 7.38. The number of hydrogen-bond donors (Lipinski definition) is 1. The van der Waals surface area contributed by atoms with Gasteiger partial charge in [0.2, 0.25) is 5.91 Å². The van der Waals surface area contributed by atoms with Crippen LogP contribution in [-0.2, 0) is 11.2 Å². The molecule has 4 rings (SSSR count).